The Bertz CT molecular complexity index is 1010. The number of aromatic nitrogens is 3. The van der Waals surface area contributed by atoms with E-state index in [1.54, 1.807) is 12.3 Å². The first-order valence-electron chi connectivity index (χ1n) is 9.33. The van der Waals surface area contributed by atoms with Crippen molar-refractivity contribution in [2.45, 2.75) is 32.5 Å². The van der Waals surface area contributed by atoms with E-state index in [2.05, 4.69) is 23.7 Å². The SMILES string of the molecule is CC1CN(c2cccc(-c3ccc4cnc(CC(=O)O)cc4n3)n2)CC(C)O1. The lowest BCUT2D eigenvalue weighted by Gasteiger charge is -2.36. The largest absolute Gasteiger partial charge is 0.481 e. The zero-order chi connectivity index (χ0) is 19.7. The number of hydrogen-bond acceptors (Lipinski definition) is 6. The molecule has 0 spiro atoms. The normalized spacial score (nSPS) is 19.7. The molecular formula is C21H22N4O3. The Morgan fingerprint density at radius 1 is 1.14 bits per heavy atom. The van der Waals surface area contributed by atoms with E-state index in [1.807, 2.05) is 30.3 Å². The number of fused-ring (bicyclic) bond motifs is 1. The highest BCUT2D eigenvalue weighted by Crippen LogP contribution is 2.24. The maximum absolute atomic E-state index is 10.9. The number of morpholine rings is 1. The molecule has 4 heterocycles. The Morgan fingerprint density at radius 3 is 2.64 bits per heavy atom. The van der Waals surface area contributed by atoms with Gasteiger partial charge in [0.2, 0.25) is 0 Å². The van der Waals surface area contributed by atoms with Crippen molar-refractivity contribution in [3.8, 4) is 11.4 Å². The number of carbonyl (C=O) groups is 1. The monoisotopic (exact) mass is 378 g/mol. The number of carboxylic acid groups (broad SMARTS) is 1. The second-order valence-electron chi connectivity index (χ2n) is 7.18. The highest BCUT2D eigenvalue weighted by atomic mass is 16.5. The van der Waals surface area contributed by atoms with Gasteiger partial charge in [-0.15, -0.1) is 0 Å². The molecule has 0 aromatic carbocycles. The quantitative estimate of drug-likeness (QED) is 0.747. The highest BCUT2D eigenvalue weighted by Gasteiger charge is 2.23. The fourth-order valence-corrected chi connectivity index (χ4v) is 3.56. The fraction of sp³-hybridized carbons (Fsp3) is 0.333. The summed E-state index contributed by atoms with van der Waals surface area (Å²) in [5.41, 5.74) is 2.73. The number of hydrogen-bond donors (Lipinski definition) is 1. The average Bonchev–Trinajstić information content (AvgIpc) is 2.66. The van der Waals surface area contributed by atoms with Crippen LogP contribution in [0.5, 0.6) is 0 Å². The van der Waals surface area contributed by atoms with Crippen molar-refractivity contribution in [1.29, 1.82) is 0 Å². The predicted octanol–water partition coefficient (Wildman–Crippen LogP) is 2.93. The molecule has 3 aromatic rings. The van der Waals surface area contributed by atoms with Crippen molar-refractivity contribution in [1.82, 2.24) is 15.0 Å². The van der Waals surface area contributed by atoms with Gasteiger partial charge < -0.3 is 14.7 Å². The van der Waals surface area contributed by atoms with Crippen LogP contribution in [0.1, 0.15) is 19.5 Å². The van der Waals surface area contributed by atoms with Gasteiger partial charge in [0.25, 0.3) is 0 Å². The van der Waals surface area contributed by atoms with Crippen LogP contribution in [0.15, 0.2) is 42.6 Å². The van der Waals surface area contributed by atoms with E-state index in [1.165, 1.54) is 0 Å². The van der Waals surface area contributed by atoms with Gasteiger partial charge in [0, 0.05) is 24.7 Å². The maximum atomic E-state index is 10.9. The topological polar surface area (TPSA) is 88.4 Å². The molecule has 0 amide bonds. The third-order valence-corrected chi connectivity index (χ3v) is 4.70. The molecule has 144 valence electrons. The van der Waals surface area contributed by atoms with Crippen LogP contribution >= 0.6 is 0 Å². The van der Waals surface area contributed by atoms with Crippen molar-refractivity contribution in [2.24, 2.45) is 0 Å². The molecule has 0 saturated carbocycles. The summed E-state index contributed by atoms with van der Waals surface area (Å²) in [7, 11) is 0. The molecule has 2 atom stereocenters. The summed E-state index contributed by atoms with van der Waals surface area (Å²) in [6, 6.07) is 11.5. The fourth-order valence-electron chi connectivity index (χ4n) is 3.56. The first kappa shape index (κ1) is 18.3. The van der Waals surface area contributed by atoms with Crippen molar-refractivity contribution < 1.29 is 14.6 Å². The number of rotatable bonds is 4. The van der Waals surface area contributed by atoms with E-state index in [0.29, 0.717) is 11.2 Å². The smallest absolute Gasteiger partial charge is 0.309 e. The first-order valence-corrected chi connectivity index (χ1v) is 9.33. The van der Waals surface area contributed by atoms with Crippen LogP contribution in [0, 0.1) is 0 Å². The van der Waals surface area contributed by atoms with E-state index in [-0.39, 0.29) is 18.6 Å². The van der Waals surface area contributed by atoms with Gasteiger partial charge in [-0.2, -0.15) is 0 Å². The maximum Gasteiger partial charge on any atom is 0.309 e. The molecule has 7 nitrogen and oxygen atoms in total. The summed E-state index contributed by atoms with van der Waals surface area (Å²) in [6.07, 6.45) is 1.86. The lowest BCUT2D eigenvalue weighted by Crippen LogP contribution is -2.45. The lowest BCUT2D eigenvalue weighted by molar-refractivity contribution is -0.136. The Kier molecular flexibility index (Phi) is 4.92. The second-order valence-corrected chi connectivity index (χ2v) is 7.18. The van der Waals surface area contributed by atoms with Crippen LogP contribution in [-0.4, -0.2) is 51.3 Å². The van der Waals surface area contributed by atoms with Gasteiger partial charge in [0.05, 0.1) is 41.2 Å². The van der Waals surface area contributed by atoms with Crippen LogP contribution in [0.2, 0.25) is 0 Å². The number of aliphatic carboxylic acids is 1. The van der Waals surface area contributed by atoms with Crippen molar-refractivity contribution in [2.75, 3.05) is 18.0 Å². The minimum absolute atomic E-state index is 0.122. The Morgan fingerprint density at radius 2 is 1.89 bits per heavy atom. The molecule has 28 heavy (non-hydrogen) atoms. The standard InChI is InChI=1S/C21H22N4O3/c1-13-11-25(12-14(2)28-13)20-5-3-4-17(24-20)18-7-6-15-10-22-16(9-21(26)27)8-19(15)23-18/h3-8,10,13-14H,9,11-12H2,1-2H3,(H,26,27). The van der Waals surface area contributed by atoms with Gasteiger partial charge in [-0.1, -0.05) is 6.07 Å². The zero-order valence-electron chi connectivity index (χ0n) is 15.9. The third kappa shape index (κ3) is 3.94. The molecule has 4 rings (SSSR count). The first-order chi connectivity index (χ1) is 13.5. The van der Waals surface area contributed by atoms with Gasteiger partial charge in [0.15, 0.2) is 0 Å². The number of nitrogens with zero attached hydrogens (tertiary/aromatic N) is 4. The van der Waals surface area contributed by atoms with Gasteiger partial charge in [-0.3, -0.25) is 9.78 Å². The molecule has 0 bridgehead atoms. The molecule has 0 aliphatic carbocycles. The van der Waals surface area contributed by atoms with Gasteiger partial charge in [-0.05, 0) is 44.2 Å². The average molecular weight is 378 g/mol. The molecule has 1 aliphatic rings. The van der Waals surface area contributed by atoms with Crippen molar-refractivity contribution >= 4 is 22.7 Å². The summed E-state index contributed by atoms with van der Waals surface area (Å²) >= 11 is 0. The predicted molar refractivity (Wildman–Crippen MR) is 106 cm³/mol. The highest BCUT2D eigenvalue weighted by molar-refractivity contribution is 5.81. The molecule has 3 aromatic heterocycles. The minimum Gasteiger partial charge on any atom is -0.481 e. The molecule has 7 heteroatoms. The van der Waals surface area contributed by atoms with Crippen molar-refractivity contribution in [3.05, 3.63) is 48.3 Å². The van der Waals surface area contributed by atoms with Gasteiger partial charge >= 0.3 is 5.97 Å². The van der Waals surface area contributed by atoms with E-state index in [4.69, 9.17) is 19.8 Å². The van der Waals surface area contributed by atoms with E-state index >= 15 is 0 Å². The van der Waals surface area contributed by atoms with E-state index < -0.39 is 5.97 Å². The van der Waals surface area contributed by atoms with E-state index in [0.717, 1.165) is 35.7 Å². The Balaban J connectivity index is 1.66. The summed E-state index contributed by atoms with van der Waals surface area (Å²) in [4.78, 5) is 26.9. The molecule has 2 unspecified atom stereocenters. The Labute approximate surface area is 163 Å². The lowest BCUT2D eigenvalue weighted by atomic mass is 10.1. The molecule has 1 N–H and O–H groups in total. The number of pyridine rings is 3. The van der Waals surface area contributed by atoms with Crippen LogP contribution in [0.4, 0.5) is 5.82 Å². The van der Waals surface area contributed by atoms with Crippen LogP contribution in [0.25, 0.3) is 22.3 Å². The van der Waals surface area contributed by atoms with Crippen molar-refractivity contribution in [3.63, 3.8) is 0 Å². The van der Waals surface area contributed by atoms with Crippen LogP contribution < -0.4 is 4.90 Å². The molecule has 1 aliphatic heterocycles. The molecule has 1 fully saturated rings. The van der Waals surface area contributed by atoms with Crippen LogP contribution in [0.3, 0.4) is 0 Å². The van der Waals surface area contributed by atoms with Gasteiger partial charge in [0.1, 0.15) is 5.82 Å². The number of anilines is 1. The molecule has 1 saturated heterocycles. The summed E-state index contributed by atoms with van der Waals surface area (Å²) in [5.74, 6) is -0.00553. The molecule has 0 radical (unpaired) electrons. The summed E-state index contributed by atoms with van der Waals surface area (Å²) < 4.78 is 5.81. The minimum atomic E-state index is -0.911. The summed E-state index contributed by atoms with van der Waals surface area (Å²) in [6.45, 7) is 5.74. The van der Waals surface area contributed by atoms with Crippen LogP contribution in [-0.2, 0) is 16.0 Å². The summed E-state index contributed by atoms with van der Waals surface area (Å²) in [5, 5.41) is 9.84. The van der Waals surface area contributed by atoms with E-state index in [9.17, 15) is 4.79 Å². The third-order valence-electron chi connectivity index (χ3n) is 4.70. The second kappa shape index (κ2) is 7.52. The zero-order valence-corrected chi connectivity index (χ0v) is 15.9. The van der Waals surface area contributed by atoms with Gasteiger partial charge in [-0.25, -0.2) is 9.97 Å². The Hall–Kier alpha value is -3.06. The molecular weight excluding hydrogens is 356 g/mol. The number of ether oxygens (including phenoxy) is 1. The number of carboxylic acids is 1.